The van der Waals surface area contributed by atoms with Crippen molar-refractivity contribution >= 4 is 15.9 Å². The second-order valence-electron chi connectivity index (χ2n) is 1.12. The van der Waals surface area contributed by atoms with Crippen LogP contribution in [-0.4, -0.2) is 11.6 Å². The van der Waals surface area contributed by atoms with E-state index in [-0.39, 0.29) is 5.01 Å². The van der Waals surface area contributed by atoms with E-state index in [9.17, 15) is 0 Å². The molecular formula is C3H5BrO2. The van der Waals surface area contributed by atoms with Gasteiger partial charge in [-0.3, -0.25) is 0 Å². The number of hydrogen-bond donors (Lipinski definition) is 0. The third-order valence-electron chi connectivity index (χ3n) is 0.601. The van der Waals surface area contributed by atoms with Crippen LogP contribution in [0.5, 0.6) is 0 Å². The normalized spacial score (nSPS) is 34.5. The van der Waals surface area contributed by atoms with E-state index in [4.69, 9.17) is 0 Å². The van der Waals surface area contributed by atoms with Crippen molar-refractivity contribution in [3.8, 4) is 0 Å². The lowest BCUT2D eigenvalue weighted by Gasteiger charge is -1.88. The Morgan fingerprint density at radius 2 is 2.50 bits per heavy atom. The third kappa shape index (κ3) is 0.929. The van der Waals surface area contributed by atoms with Crippen molar-refractivity contribution in [2.75, 3.05) is 6.61 Å². The zero-order valence-corrected chi connectivity index (χ0v) is 4.77. The van der Waals surface area contributed by atoms with Crippen molar-refractivity contribution in [2.45, 2.75) is 11.4 Å². The van der Waals surface area contributed by atoms with Crippen LogP contribution in [0.3, 0.4) is 0 Å². The van der Waals surface area contributed by atoms with Gasteiger partial charge in [-0.25, -0.2) is 9.78 Å². The maximum Gasteiger partial charge on any atom is 0.150 e. The molecule has 1 fully saturated rings. The van der Waals surface area contributed by atoms with Gasteiger partial charge in [0.05, 0.1) is 6.61 Å². The average Bonchev–Trinajstić information content (AvgIpc) is 1.86. The first-order chi connectivity index (χ1) is 2.89. The van der Waals surface area contributed by atoms with Gasteiger partial charge in [0, 0.05) is 6.42 Å². The van der Waals surface area contributed by atoms with Crippen molar-refractivity contribution in [3.63, 3.8) is 0 Å². The van der Waals surface area contributed by atoms with E-state index < -0.39 is 0 Å². The van der Waals surface area contributed by atoms with Crippen molar-refractivity contribution in [3.05, 3.63) is 0 Å². The zero-order chi connectivity index (χ0) is 4.41. The highest BCUT2D eigenvalue weighted by atomic mass is 79.9. The van der Waals surface area contributed by atoms with E-state index in [2.05, 4.69) is 25.7 Å². The summed E-state index contributed by atoms with van der Waals surface area (Å²) in [6.45, 7) is 0.718. The number of rotatable bonds is 0. The lowest BCUT2D eigenvalue weighted by molar-refractivity contribution is -0.255. The van der Waals surface area contributed by atoms with Crippen LogP contribution in [0.4, 0.5) is 0 Å². The van der Waals surface area contributed by atoms with Crippen LogP contribution in [0.1, 0.15) is 6.42 Å². The van der Waals surface area contributed by atoms with Gasteiger partial charge in [-0.05, 0) is 0 Å². The fourth-order valence-corrected chi connectivity index (χ4v) is 0.606. The molecule has 36 valence electrons. The summed E-state index contributed by atoms with van der Waals surface area (Å²) in [6, 6.07) is 0. The molecule has 2 nitrogen and oxygen atoms in total. The van der Waals surface area contributed by atoms with Crippen molar-refractivity contribution < 1.29 is 9.78 Å². The van der Waals surface area contributed by atoms with Crippen LogP contribution in [0, 0.1) is 0 Å². The van der Waals surface area contributed by atoms with E-state index in [0.29, 0.717) is 0 Å². The second kappa shape index (κ2) is 1.91. The Morgan fingerprint density at radius 3 is 2.67 bits per heavy atom. The monoisotopic (exact) mass is 152 g/mol. The fraction of sp³-hybridized carbons (Fsp3) is 1.00. The molecule has 1 aliphatic heterocycles. The SMILES string of the molecule is BrC1CCOO1. The summed E-state index contributed by atoms with van der Waals surface area (Å²) < 4.78 is 0. The Morgan fingerprint density at radius 1 is 1.67 bits per heavy atom. The first-order valence-corrected chi connectivity index (χ1v) is 2.73. The quantitative estimate of drug-likeness (QED) is 0.382. The van der Waals surface area contributed by atoms with Gasteiger partial charge in [0.2, 0.25) is 0 Å². The van der Waals surface area contributed by atoms with E-state index in [1.165, 1.54) is 0 Å². The summed E-state index contributed by atoms with van der Waals surface area (Å²) in [6.07, 6.45) is 0.958. The molecule has 0 aromatic carbocycles. The van der Waals surface area contributed by atoms with Gasteiger partial charge < -0.3 is 0 Å². The summed E-state index contributed by atoms with van der Waals surface area (Å²) in [4.78, 5) is 9.08. The Balaban J connectivity index is 2.18. The van der Waals surface area contributed by atoms with Crippen molar-refractivity contribution in [1.29, 1.82) is 0 Å². The molecule has 0 amide bonds. The summed E-state index contributed by atoms with van der Waals surface area (Å²) in [7, 11) is 0. The molecule has 3 heteroatoms. The molecule has 0 spiro atoms. The van der Waals surface area contributed by atoms with Gasteiger partial charge in [-0.15, -0.1) is 0 Å². The largest absolute Gasteiger partial charge is 0.235 e. The predicted molar refractivity (Wildman–Crippen MR) is 24.4 cm³/mol. The lowest BCUT2D eigenvalue weighted by Crippen LogP contribution is -1.87. The molecule has 6 heavy (non-hydrogen) atoms. The van der Waals surface area contributed by atoms with Crippen LogP contribution < -0.4 is 0 Å². The minimum absolute atomic E-state index is 0.137. The Kier molecular flexibility index (Phi) is 1.45. The highest BCUT2D eigenvalue weighted by Gasteiger charge is 2.11. The summed E-state index contributed by atoms with van der Waals surface area (Å²) >= 11 is 3.19. The average molecular weight is 153 g/mol. The maximum absolute atomic E-state index is 4.57. The van der Waals surface area contributed by atoms with Gasteiger partial charge in [0.15, 0.2) is 0 Å². The van der Waals surface area contributed by atoms with Gasteiger partial charge in [-0.2, -0.15) is 0 Å². The third-order valence-corrected chi connectivity index (χ3v) is 1.21. The maximum atomic E-state index is 4.57. The van der Waals surface area contributed by atoms with Gasteiger partial charge in [0.1, 0.15) is 5.01 Å². The highest BCUT2D eigenvalue weighted by molar-refractivity contribution is 9.09. The van der Waals surface area contributed by atoms with Crippen LogP contribution in [0.15, 0.2) is 0 Å². The molecule has 0 bridgehead atoms. The lowest BCUT2D eigenvalue weighted by atomic mass is 10.5. The van der Waals surface area contributed by atoms with Crippen LogP contribution in [0.25, 0.3) is 0 Å². The Bertz CT molecular complexity index is 42.1. The van der Waals surface area contributed by atoms with Crippen LogP contribution >= 0.6 is 15.9 Å². The van der Waals surface area contributed by atoms with E-state index in [1.54, 1.807) is 0 Å². The second-order valence-corrected chi connectivity index (χ2v) is 2.14. The molecule has 1 saturated heterocycles. The highest BCUT2D eigenvalue weighted by Crippen LogP contribution is 2.13. The molecule has 0 aromatic rings. The minimum atomic E-state index is 0.137. The van der Waals surface area contributed by atoms with Crippen molar-refractivity contribution in [2.24, 2.45) is 0 Å². The molecule has 0 saturated carbocycles. The van der Waals surface area contributed by atoms with Gasteiger partial charge in [0.25, 0.3) is 0 Å². The topological polar surface area (TPSA) is 18.5 Å². The molecule has 0 N–H and O–H groups in total. The Labute approximate surface area is 44.5 Å². The first-order valence-electron chi connectivity index (χ1n) is 1.82. The van der Waals surface area contributed by atoms with Gasteiger partial charge >= 0.3 is 0 Å². The molecular weight excluding hydrogens is 148 g/mol. The molecule has 1 rings (SSSR count). The first kappa shape index (κ1) is 4.56. The minimum Gasteiger partial charge on any atom is -0.235 e. The summed E-state index contributed by atoms with van der Waals surface area (Å²) in [5.41, 5.74) is 0. The predicted octanol–water partition coefficient (Wildman–Crippen LogP) is 1.06. The van der Waals surface area contributed by atoms with E-state index in [0.717, 1.165) is 13.0 Å². The van der Waals surface area contributed by atoms with Crippen LogP contribution in [-0.2, 0) is 9.78 Å². The Hall–Kier alpha value is 0.400. The molecule has 0 aliphatic carbocycles. The summed E-state index contributed by atoms with van der Waals surface area (Å²) in [5, 5.41) is 0.137. The van der Waals surface area contributed by atoms with E-state index in [1.807, 2.05) is 0 Å². The fourth-order valence-electron chi connectivity index (χ4n) is 0.311. The molecule has 1 aliphatic rings. The molecule has 1 unspecified atom stereocenters. The smallest absolute Gasteiger partial charge is 0.150 e. The number of halogens is 1. The number of alkyl halides is 1. The molecule has 1 atom stereocenters. The molecule has 1 heterocycles. The van der Waals surface area contributed by atoms with Crippen LogP contribution in [0.2, 0.25) is 0 Å². The standard InChI is InChI=1S/C3H5BrO2/c4-3-1-2-5-6-3/h3H,1-2H2. The van der Waals surface area contributed by atoms with Gasteiger partial charge in [-0.1, -0.05) is 15.9 Å². The number of hydrogen-bond acceptors (Lipinski definition) is 2. The van der Waals surface area contributed by atoms with E-state index >= 15 is 0 Å². The summed E-state index contributed by atoms with van der Waals surface area (Å²) in [5.74, 6) is 0. The molecule has 0 aromatic heterocycles. The molecule has 0 radical (unpaired) electrons. The zero-order valence-electron chi connectivity index (χ0n) is 3.19. The van der Waals surface area contributed by atoms with Crippen molar-refractivity contribution in [1.82, 2.24) is 0 Å².